The van der Waals surface area contributed by atoms with Gasteiger partial charge in [-0.25, -0.2) is 0 Å². The molecule has 2 saturated heterocycles. The molecule has 7 nitrogen and oxygen atoms in total. The number of carbonyl (C=O) groups is 1. The fraction of sp³-hybridized carbons (Fsp3) is 0.735. The van der Waals surface area contributed by atoms with Gasteiger partial charge >= 0.3 is 0 Å². The molecule has 2 aliphatic heterocycles. The van der Waals surface area contributed by atoms with Crippen molar-refractivity contribution in [2.75, 3.05) is 19.8 Å². The van der Waals surface area contributed by atoms with Gasteiger partial charge in [0.05, 0.1) is 25.4 Å². The Labute approximate surface area is 254 Å². The Morgan fingerprint density at radius 2 is 1.64 bits per heavy atom. The zero-order chi connectivity index (χ0) is 30.2. The van der Waals surface area contributed by atoms with E-state index in [9.17, 15) is 4.79 Å². The average Bonchev–Trinajstić information content (AvgIpc) is 3.27. The van der Waals surface area contributed by atoms with Crippen LogP contribution in [0.2, 0.25) is 18.1 Å². The van der Waals surface area contributed by atoms with E-state index >= 15 is 0 Å². The van der Waals surface area contributed by atoms with Gasteiger partial charge in [-0.1, -0.05) is 38.5 Å². The predicted molar refractivity (Wildman–Crippen MR) is 167 cm³/mol. The predicted octanol–water partition coefficient (Wildman–Crippen LogP) is 7.72. The Balaban J connectivity index is 1.61. The second kappa shape index (κ2) is 15.3. The molecular weight excluding hydrogens is 548 g/mol. The summed E-state index contributed by atoms with van der Waals surface area (Å²) in [6.07, 6.45) is 10.1. The molecule has 1 aliphatic carbocycles. The van der Waals surface area contributed by atoms with Crippen molar-refractivity contribution >= 4 is 14.6 Å². The Hall–Kier alpha value is -1.71. The van der Waals surface area contributed by atoms with Gasteiger partial charge in [0, 0.05) is 37.7 Å². The highest BCUT2D eigenvalue weighted by molar-refractivity contribution is 6.74. The van der Waals surface area contributed by atoms with Gasteiger partial charge in [-0.3, -0.25) is 0 Å². The number of aryl methyl sites for hydroxylation is 1. The standard InChI is InChI=1S/C34H54O7Si/c1-25-15-17-26(18-16-25)36-23-11-12-28(39-31-13-7-9-21-37-31)33-27(19-20-35)29(41-42(5,6)34(2,3)4)24-30(33)40-32-14-8-10-22-38-32/h12,15-18,20,27,29-33H,7-11,13-14,19,21-24H2,1-6H3/b28-12+/t27-,29-,30+,31?,32?,33+/m1/s1. The van der Waals surface area contributed by atoms with Crippen LogP contribution in [0.1, 0.15) is 84.1 Å². The molecule has 1 aromatic carbocycles. The summed E-state index contributed by atoms with van der Waals surface area (Å²) in [6.45, 7) is 15.3. The van der Waals surface area contributed by atoms with Gasteiger partial charge in [0.1, 0.15) is 17.8 Å². The highest BCUT2D eigenvalue weighted by Crippen LogP contribution is 2.47. The van der Waals surface area contributed by atoms with Crippen LogP contribution in [0, 0.1) is 18.8 Å². The summed E-state index contributed by atoms with van der Waals surface area (Å²) < 4.78 is 38.6. The number of hydrogen-bond donors (Lipinski definition) is 0. The van der Waals surface area contributed by atoms with E-state index in [-0.39, 0.29) is 41.7 Å². The molecule has 1 saturated carbocycles. The molecule has 1 aromatic rings. The SMILES string of the molecule is Cc1ccc(OCC/C=C(/OC2CCCCO2)[C@@H]2[C@H](CC=O)[C@H](O[Si](C)(C)C(C)(C)C)C[C@@H]2OC2CCCCO2)cc1. The quantitative estimate of drug-likeness (QED) is 0.0991. The molecule has 0 N–H and O–H groups in total. The van der Waals surface area contributed by atoms with Crippen LogP contribution in [0.4, 0.5) is 0 Å². The van der Waals surface area contributed by atoms with E-state index in [0.29, 0.717) is 32.5 Å². The van der Waals surface area contributed by atoms with Crippen molar-refractivity contribution in [3.8, 4) is 5.75 Å². The number of aldehydes is 1. The Morgan fingerprint density at radius 1 is 0.976 bits per heavy atom. The van der Waals surface area contributed by atoms with Crippen LogP contribution in [-0.4, -0.2) is 59.2 Å². The van der Waals surface area contributed by atoms with Crippen LogP contribution < -0.4 is 4.74 Å². The van der Waals surface area contributed by atoms with Crippen molar-refractivity contribution in [2.45, 2.75) is 128 Å². The minimum atomic E-state index is -2.11. The molecule has 8 heteroatoms. The summed E-state index contributed by atoms with van der Waals surface area (Å²) in [4.78, 5) is 12.2. The maximum absolute atomic E-state index is 12.2. The smallest absolute Gasteiger partial charge is 0.199 e. The molecule has 6 atom stereocenters. The third kappa shape index (κ3) is 9.15. The van der Waals surface area contributed by atoms with Crippen LogP contribution >= 0.6 is 0 Å². The number of rotatable bonds is 13. The van der Waals surface area contributed by atoms with E-state index in [1.807, 2.05) is 12.1 Å². The molecule has 0 spiro atoms. The summed E-state index contributed by atoms with van der Waals surface area (Å²) in [5.74, 6) is 1.49. The van der Waals surface area contributed by atoms with E-state index in [4.69, 9.17) is 28.1 Å². The Bertz CT molecular complexity index is 990. The molecule has 42 heavy (non-hydrogen) atoms. The fourth-order valence-electron chi connectivity index (χ4n) is 5.94. The Morgan fingerprint density at radius 3 is 2.24 bits per heavy atom. The monoisotopic (exact) mass is 602 g/mol. The van der Waals surface area contributed by atoms with Crippen molar-refractivity contribution in [1.29, 1.82) is 0 Å². The first-order chi connectivity index (χ1) is 20.1. The summed E-state index contributed by atoms with van der Waals surface area (Å²) >= 11 is 0. The van der Waals surface area contributed by atoms with Crippen molar-refractivity contribution < 1.29 is 32.9 Å². The van der Waals surface area contributed by atoms with Gasteiger partial charge < -0.3 is 32.9 Å². The first-order valence-corrected chi connectivity index (χ1v) is 19.0. The van der Waals surface area contributed by atoms with Crippen LogP contribution in [-0.2, 0) is 28.2 Å². The van der Waals surface area contributed by atoms with Crippen molar-refractivity contribution in [2.24, 2.45) is 11.8 Å². The fourth-order valence-corrected chi connectivity index (χ4v) is 7.32. The van der Waals surface area contributed by atoms with E-state index in [2.05, 4.69) is 59.0 Å². The maximum atomic E-state index is 12.2. The first-order valence-electron chi connectivity index (χ1n) is 16.1. The van der Waals surface area contributed by atoms with Crippen molar-refractivity contribution in [3.05, 3.63) is 41.7 Å². The van der Waals surface area contributed by atoms with Gasteiger partial charge in [-0.15, -0.1) is 0 Å². The maximum Gasteiger partial charge on any atom is 0.199 e. The van der Waals surface area contributed by atoms with E-state index in [1.165, 1.54) is 5.56 Å². The van der Waals surface area contributed by atoms with E-state index in [1.54, 1.807) is 0 Å². The first kappa shape index (κ1) is 33.2. The van der Waals surface area contributed by atoms with E-state index < -0.39 is 8.32 Å². The van der Waals surface area contributed by atoms with Gasteiger partial charge in [0.2, 0.25) is 0 Å². The summed E-state index contributed by atoms with van der Waals surface area (Å²) in [6, 6.07) is 8.11. The molecule has 3 aliphatic rings. The van der Waals surface area contributed by atoms with Gasteiger partial charge in [0.15, 0.2) is 20.9 Å². The lowest BCUT2D eigenvalue weighted by Crippen LogP contribution is -2.45. The van der Waals surface area contributed by atoms with Gasteiger partial charge in [0.25, 0.3) is 0 Å². The highest BCUT2D eigenvalue weighted by atomic mass is 28.4. The minimum Gasteiger partial charge on any atom is -0.493 e. The molecule has 2 heterocycles. The molecule has 4 rings (SSSR count). The lowest BCUT2D eigenvalue weighted by molar-refractivity contribution is -0.201. The summed E-state index contributed by atoms with van der Waals surface area (Å²) in [5, 5.41) is 0.0536. The van der Waals surface area contributed by atoms with E-state index in [0.717, 1.165) is 62.9 Å². The molecule has 0 radical (unpaired) electrons. The average molecular weight is 603 g/mol. The number of ether oxygens (including phenoxy) is 5. The van der Waals surface area contributed by atoms with Crippen LogP contribution in [0.25, 0.3) is 0 Å². The molecule has 0 bridgehead atoms. The molecule has 2 unspecified atom stereocenters. The van der Waals surface area contributed by atoms with Crippen LogP contribution in [0.15, 0.2) is 36.1 Å². The lowest BCUT2D eigenvalue weighted by atomic mass is 9.88. The van der Waals surface area contributed by atoms with Gasteiger partial charge in [-0.2, -0.15) is 0 Å². The number of hydrogen-bond acceptors (Lipinski definition) is 7. The minimum absolute atomic E-state index is 0.0536. The third-order valence-corrected chi connectivity index (χ3v) is 13.9. The zero-order valence-electron chi connectivity index (χ0n) is 26.8. The van der Waals surface area contributed by atoms with Gasteiger partial charge in [-0.05, 0) is 81.8 Å². The second-order valence-corrected chi connectivity index (χ2v) is 18.4. The topological polar surface area (TPSA) is 72.5 Å². The summed E-state index contributed by atoms with van der Waals surface area (Å²) in [7, 11) is -2.11. The largest absolute Gasteiger partial charge is 0.493 e. The number of carbonyl (C=O) groups excluding carboxylic acids is 1. The second-order valence-electron chi connectivity index (χ2n) is 13.7. The summed E-state index contributed by atoms with van der Waals surface area (Å²) in [5.41, 5.74) is 1.20. The van der Waals surface area contributed by atoms with Crippen molar-refractivity contribution in [1.82, 2.24) is 0 Å². The Kier molecular flexibility index (Phi) is 12.1. The molecule has 236 valence electrons. The van der Waals surface area contributed by atoms with Crippen LogP contribution in [0.5, 0.6) is 5.75 Å². The van der Waals surface area contributed by atoms with Crippen LogP contribution in [0.3, 0.4) is 0 Å². The zero-order valence-corrected chi connectivity index (χ0v) is 27.8. The highest BCUT2D eigenvalue weighted by Gasteiger charge is 2.51. The number of benzene rings is 1. The third-order valence-electron chi connectivity index (χ3n) is 9.38. The molecule has 0 amide bonds. The molecular formula is C34H54O7Si. The normalized spacial score (nSPS) is 29.3. The molecule has 0 aromatic heterocycles. The van der Waals surface area contributed by atoms with Crippen molar-refractivity contribution in [3.63, 3.8) is 0 Å². The lowest BCUT2D eigenvalue weighted by Gasteiger charge is -2.40. The molecule has 3 fully saturated rings.